The van der Waals surface area contributed by atoms with E-state index < -0.39 is 17.6 Å². The SMILES string of the molecule is NC1=NC2(CO1)c1cc(-c3cc(Cl)cnc3F)ccc1OC1CCC(O)CC12. The molecule has 1 saturated carbocycles. The monoisotopic (exact) mass is 403 g/mol. The number of rotatable bonds is 1. The number of aliphatic imine (C=N–C) groups is 1. The van der Waals surface area contributed by atoms with Crippen LogP contribution < -0.4 is 10.5 Å². The lowest BCUT2D eigenvalue weighted by Gasteiger charge is -2.47. The molecule has 3 aliphatic rings. The van der Waals surface area contributed by atoms with Crippen LogP contribution in [0.15, 0.2) is 35.5 Å². The van der Waals surface area contributed by atoms with Crippen molar-refractivity contribution in [1.82, 2.24) is 4.98 Å². The maximum atomic E-state index is 14.3. The molecule has 0 bridgehead atoms. The van der Waals surface area contributed by atoms with Gasteiger partial charge in [-0.2, -0.15) is 4.39 Å². The maximum Gasteiger partial charge on any atom is 0.283 e. The number of hydrogen-bond acceptors (Lipinski definition) is 6. The van der Waals surface area contributed by atoms with E-state index in [0.717, 1.165) is 12.0 Å². The lowest BCUT2D eigenvalue weighted by atomic mass is 9.67. The summed E-state index contributed by atoms with van der Waals surface area (Å²) in [5.41, 5.74) is 6.81. The minimum atomic E-state index is -0.762. The third kappa shape index (κ3) is 2.64. The standard InChI is InChI=1S/C20H19ClFN3O3/c21-11-6-13(18(22)24-8-11)10-1-3-16-14(5-10)20(9-27-19(23)25-20)15-7-12(26)2-4-17(15)28-16/h1,3,5-6,8,12,15,17,26H,2,4,7,9H2,(H2,23,25). The molecule has 0 saturated heterocycles. The van der Waals surface area contributed by atoms with Crippen molar-refractivity contribution < 1.29 is 19.0 Å². The average molecular weight is 404 g/mol. The van der Waals surface area contributed by atoms with E-state index in [2.05, 4.69) is 9.98 Å². The molecular formula is C20H19ClFN3O3. The molecule has 28 heavy (non-hydrogen) atoms. The molecule has 4 unspecified atom stereocenters. The number of halogens is 2. The van der Waals surface area contributed by atoms with Gasteiger partial charge in [0.05, 0.1) is 11.1 Å². The lowest BCUT2D eigenvalue weighted by molar-refractivity contribution is -0.0359. The van der Waals surface area contributed by atoms with Crippen LogP contribution in [-0.2, 0) is 10.3 Å². The molecule has 146 valence electrons. The van der Waals surface area contributed by atoms with E-state index in [4.69, 9.17) is 26.8 Å². The second kappa shape index (κ2) is 6.32. The van der Waals surface area contributed by atoms with Crippen LogP contribution in [0, 0.1) is 11.9 Å². The number of aromatic nitrogens is 1. The van der Waals surface area contributed by atoms with Gasteiger partial charge in [-0.3, -0.25) is 0 Å². The van der Waals surface area contributed by atoms with Gasteiger partial charge in [-0.05, 0) is 43.0 Å². The first-order valence-electron chi connectivity index (χ1n) is 9.25. The molecule has 4 atom stereocenters. The minimum absolute atomic E-state index is 0.0791. The Labute approximate surface area is 166 Å². The molecule has 0 radical (unpaired) electrons. The normalized spacial score (nSPS) is 30.8. The first-order chi connectivity index (χ1) is 13.5. The average Bonchev–Trinajstić information content (AvgIpc) is 3.07. The first-order valence-corrected chi connectivity index (χ1v) is 9.63. The number of ether oxygens (including phenoxy) is 2. The van der Waals surface area contributed by atoms with Gasteiger partial charge in [-0.1, -0.05) is 17.7 Å². The van der Waals surface area contributed by atoms with E-state index >= 15 is 0 Å². The van der Waals surface area contributed by atoms with Crippen molar-refractivity contribution in [1.29, 1.82) is 0 Å². The molecule has 1 fully saturated rings. The Kier molecular flexibility index (Phi) is 4.00. The van der Waals surface area contributed by atoms with E-state index in [1.54, 1.807) is 6.07 Å². The molecular weight excluding hydrogens is 385 g/mol. The Morgan fingerprint density at radius 3 is 2.93 bits per heavy atom. The summed E-state index contributed by atoms with van der Waals surface area (Å²) >= 11 is 6.02. The highest BCUT2D eigenvalue weighted by atomic mass is 35.5. The van der Waals surface area contributed by atoms with Crippen molar-refractivity contribution in [3.05, 3.63) is 47.0 Å². The highest BCUT2D eigenvalue weighted by Gasteiger charge is 2.55. The van der Waals surface area contributed by atoms with E-state index in [1.807, 2.05) is 12.1 Å². The number of hydrogen-bond donors (Lipinski definition) is 2. The summed E-state index contributed by atoms with van der Waals surface area (Å²) in [5, 5.41) is 10.6. The number of fused-ring (bicyclic) bond motifs is 4. The highest BCUT2D eigenvalue weighted by Crippen LogP contribution is 2.53. The van der Waals surface area contributed by atoms with Crippen LogP contribution in [0.3, 0.4) is 0 Å². The van der Waals surface area contributed by atoms with Crippen LogP contribution in [0.2, 0.25) is 5.02 Å². The van der Waals surface area contributed by atoms with Crippen LogP contribution in [0.5, 0.6) is 5.75 Å². The zero-order valence-corrected chi connectivity index (χ0v) is 15.7. The molecule has 1 aromatic heterocycles. The minimum Gasteiger partial charge on any atom is -0.490 e. The number of benzene rings is 1. The summed E-state index contributed by atoms with van der Waals surface area (Å²) in [6.07, 6.45) is 2.73. The Balaban J connectivity index is 1.68. The first kappa shape index (κ1) is 17.7. The van der Waals surface area contributed by atoms with Crippen molar-refractivity contribution in [2.45, 2.75) is 37.0 Å². The van der Waals surface area contributed by atoms with Crippen molar-refractivity contribution in [2.24, 2.45) is 16.6 Å². The Hall–Kier alpha value is -2.38. The fourth-order valence-electron chi connectivity index (χ4n) is 4.66. The molecule has 2 aromatic rings. The summed E-state index contributed by atoms with van der Waals surface area (Å²) < 4.78 is 26.1. The van der Waals surface area contributed by atoms with Gasteiger partial charge in [0, 0.05) is 23.2 Å². The number of pyridine rings is 1. The molecule has 2 aliphatic heterocycles. The van der Waals surface area contributed by atoms with Gasteiger partial charge in [0.25, 0.3) is 6.02 Å². The zero-order chi connectivity index (χ0) is 19.5. The molecule has 6 nitrogen and oxygen atoms in total. The van der Waals surface area contributed by atoms with Crippen LogP contribution in [-0.4, -0.2) is 34.9 Å². The number of amidine groups is 1. The molecule has 3 N–H and O–H groups in total. The molecule has 1 spiro atoms. The van der Waals surface area contributed by atoms with Gasteiger partial charge >= 0.3 is 0 Å². The second-order valence-electron chi connectivity index (χ2n) is 7.60. The fraction of sp³-hybridized carbons (Fsp3) is 0.400. The van der Waals surface area contributed by atoms with E-state index in [9.17, 15) is 9.50 Å². The topological polar surface area (TPSA) is 90.0 Å². The number of aliphatic hydroxyl groups excluding tert-OH is 1. The van der Waals surface area contributed by atoms with Gasteiger partial charge in [0.1, 0.15) is 24.0 Å². The summed E-state index contributed by atoms with van der Waals surface area (Å²) in [6.45, 7) is 0.267. The zero-order valence-electron chi connectivity index (χ0n) is 14.9. The lowest BCUT2D eigenvalue weighted by Crippen LogP contribution is -2.51. The maximum absolute atomic E-state index is 14.3. The molecule has 1 aliphatic carbocycles. The van der Waals surface area contributed by atoms with E-state index in [1.165, 1.54) is 12.3 Å². The summed E-state index contributed by atoms with van der Waals surface area (Å²) in [4.78, 5) is 8.37. The second-order valence-corrected chi connectivity index (χ2v) is 8.03. The molecule has 3 heterocycles. The Bertz CT molecular complexity index is 985. The fourth-order valence-corrected chi connectivity index (χ4v) is 4.82. The molecule has 0 amide bonds. The van der Waals surface area contributed by atoms with Gasteiger partial charge in [-0.15, -0.1) is 0 Å². The summed E-state index contributed by atoms with van der Waals surface area (Å²) in [7, 11) is 0. The largest absolute Gasteiger partial charge is 0.490 e. The van der Waals surface area contributed by atoms with E-state index in [-0.39, 0.29) is 24.7 Å². The predicted octanol–water partition coefficient (Wildman–Crippen LogP) is 3.00. The smallest absolute Gasteiger partial charge is 0.283 e. The Morgan fingerprint density at radius 1 is 1.29 bits per heavy atom. The summed E-state index contributed by atoms with van der Waals surface area (Å²) in [6, 6.07) is 7.10. The number of nitrogens with two attached hydrogens (primary N) is 1. The number of nitrogens with zero attached hydrogens (tertiary/aromatic N) is 2. The molecule has 8 heteroatoms. The van der Waals surface area contributed by atoms with Gasteiger partial charge in [0.15, 0.2) is 0 Å². The highest BCUT2D eigenvalue weighted by molar-refractivity contribution is 6.30. The van der Waals surface area contributed by atoms with Crippen LogP contribution in [0.25, 0.3) is 11.1 Å². The van der Waals surface area contributed by atoms with Crippen LogP contribution in [0.1, 0.15) is 24.8 Å². The van der Waals surface area contributed by atoms with Crippen LogP contribution in [0.4, 0.5) is 4.39 Å². The molecule has 5 rings (SSSR count). The summed E-state index contributed by atoms with van der Waals surface area (Å²) in [5.74, 6) is -0.00648. The van der Waals surface area contributed by atoms with E-state index in [0.29, 0.717) is 34.7 Å². The number of aliphatic hydroxyl groups is 1. The third-order valence-corrected chi connectivity index (χ3v) is 6.17. The van der Waals surface area contributed by atoms with Crippen LogP contribution >= 0.6 is 11.6 Å². The predicted molar refractivity (Wildman–Crippen MR) is 102 cm³/mol. The van der Waals surface area contributed by atoms with Crippen molar-refractivity contribution in [3.63, 3.8) is 0 Å². The van der Waals surface area contributed by atoms with Crippen molar-refractivity contribution in [2.75, 3.05) is 6.61 Å². The Morgan fingerprint density at radius 2 is 2.14 bits per heavy atom. The quantitative estimate of drug-likeness (QED) is 0.714. The van der Waals surface area contributed by atoms with Crippen molar-refractivity contribution >= 4 is 17.6 Å². The van der Waals surface area contributed by atoms with Gasteiger partial charge < -0.3 is 20.3 Å². The van der Waals surface area contributed by atoms with Gasteiger partial charge in [0.2, 0.25) is 5.95 Å². The van der Waals surface area contributed by atoms with Gasteiger partial charge in [-0.25, -0.2) is 9.98 Å². The third-order valence-electron chi connectivity index (χ3n) is 5.96. The molecule has 1 aromatic carbocycles. The van der Waals surface area contributed by atoms with Crippen molar-refractivity contribution in [3.8, 4) is 16.9 Å².